The third-order valence-corrected chi connectivity index (χ3v) is 0.761. The fourth-order valence-corrected chi connectivity index (χ4v) is 0.400. The molecule has 60 valence electrons. The maximum absolute atomic E-state index is 10.5. The van der Waals surface area contributed by atoms with Gasteiger partial charge in [0.25, 0.3) is 0 Å². The van der Waals surface area contributed by atoms with E-state index in [0.29, 0.717) is 6.61 Å². The van der Waals surface area contributed by atoms with Crippen LogP contribution in [0.15, 0.2) is 0 Å². The lowest BCUT2D eigenvalue weighted by Crippen LogP contribution is -2.40. The predicted molar refractivity (Wildman–Crippen MR) is 34.8 cm³/mol. The van der Waals surface area contributed by atoms with Crippen LogP contribution in [0.1, 0.15) is 6.92 Å². The van der Waals surface area contributed by atoms with E-state index in [4.69, 9.17) is 10.8 Å². The lowest BCUT2D eigenvalue weighted by Gasteiger charge is -2.05. The highest BCUT2D eigenvalue weighted by Gasteiger charge is 2.01. The summed E-state index contributed by atoms with van der Waals surface area (Å²) < 4.78 is 4.52. The second kappa shape index (κ2) is 5.16. The third-order valence-electron chi connectivity index (χ3n) is 0.761. The standard InChI is InChI=1S/C5H12N2O3/c1-2-10-4(8)3-7-5(6)9/h5,7,9H,2-3,6H2,1H3. The van der Waals surface area contributed by atoms with E-state index in [1.54, 1.807) is 6.92 Å². The van der Waals surface area contributed by atoms with Gasteiger partial charge in [0.15, 0.2) is 6.35 Å². The van der Waals surface area contributed by atoms with Crippen molar-refractivity contribution in [2.75, 3.05) is 13.2 Å². The number of ether oxygens (including phenoxy) is 1. The first-order valence-corrected chi connectivity index (χ1v) is 2.99. The molecule has 1 unspecified atom stereocenters. The molecule has 0 aliphatic heterocycles. The quantitative estimate of drug-likeness (QED) is 0.329. The summed E-state index contributed by atoms with van der Waals surface area (Å²) in [5.74, 6) is -0.424. The summed E-state index contributed by atoms with van der Waals surface area (Å²) in [6.45, 7) is 1.98. The summed E-state index contributed by atoms with van der Waals surface area (Å²) >= 11 is 0. The number of aliphatic hydroxyl groups is 1. The van der Waals surface area contributed by atoms with E-state index in [-0.39, 0.29) is 6.54 Å². The van der Waals surface area contributed by atoms with E-state index in [1.165, 1.54) is 0 Å². The van der Waals surface area contributed by atoms with E-state index < -0.39 is 12.3 Å². The zero-order chi connectivity index (χ0) is 7.98. The molecule has 0 aliphatic carbocycles. The Bertz CT molecular complexity index is 105. The van der Waals surface area contributed by atoms with Crippen molar-refractivity contribution in [3.63, 3.8) is 0 Å². The number of esters is 1. The van der Waals surface area contributed by atoms with Crippen molar-refractivity contribution in [1.82, 2.24) is 5.32 Å². The van der Waals surface area contributed by atoms with Crippen LogP contribution in [-0.2, 0) is 9.53 Å². The van der Waals surface area contributed by atoms with Gasteiger partial charge in [-0.3, -0.25) is 15.8 Å². The van der Waals surface area contributed by atoms with Crippen LogP contribution < -0.4 is 11.1 Å². The van der Waals surface area contributed by atoms with Gasteiger partial charge in [-0.25, -0.2) is 0 Å². The highest BCUT2D eigenvalue weighted by atomic mass is 16.5. The molecule has 0 amide bonds. The summed E-state index contributed by atoms with van der Waals surface area (Å²) in [4.78, 5) is 10.5. The molecular weight excluding hydrogens is 136 g/mol. The fraction of sp³-hybridized carbons (Fsp3) is 0.800. The van der Waals surface area contributed by atoms with Crippen LogP contribution in [-0.4, -0.2) is 30.6 Å². The Balaban J connectivity index is 3.22. The number of nitrogens with two attached hydrogens (primary N) is 1. The van der Waals surface area contributed by atoms with Crippen molar-refractivity contribution in [3.05, 3.63) is 0 Å². The lowest BCUT2D eigenvalue weighted by atomic mass is 10.6. The second-order valence-electron chi connectivity index (χ2n) is 1.63. The Kier molecular flexibility index (Phi) is 4.82. The van der Waals surface area contributed by atoms with Crippen LogP contribution in [0.4, 0.5) is 0 Å². The minimum absolute atomic E-state index is 0.0640. The summed E-state index contributed by atoms with van der Waals surface area (Å²) in [7, 11) is 0. The first-order chi connectivity index (χ1) is 4.66. The van der Waals surface area contributed by atoms with Crippen LogP contribution in [0.5, 0.6) is 0 Å². The van der Waals surface area contributed by atoms with Gasteiger partial charge in [-0.1, -0.05) is 0 Å². The normalized spacial score (nSPS) is 12.7. The molecule has 0 aromatic carbocycles. The topological polar surface area (TPSA) is 84.6 Å². The molecule has 10 heavy (non-hydrogen) atoms. The van der Waals surface area contributed by atoms with Crippen molar-refractivity contribution in [2.24, 2.45) is 5.73 Å². The molecule has 0 heterocycles. The van der Waals surface area contributed by atoms with Gasteiger partial charge >= 0.3 is 5.97 Å². The van der Waals surface area contributed by atoms with Crippen molar-refractivity contribution in [2.45, 2.75) is 13.3 Å². The van der Waals surface area contributed by atoms with Crippen LogP contribution in [0.3, 0.4) is 0 Å². The minimum Gasteiger partial charge on any atom is -0.465 e. The first-order valence-electron chi connectivity index (χ1n) is 2.99. The molecule has 0 rings (SSSR count). The minimum atomic E-state index is -1.16. The van der Waals surface area contributed by atoms with E-state index in [0.717, 1.165) is 0 Å². The van der Waals surface area contributed by atoms with Crippen LogP contribution in [0.2, 0.25) is 0 Å². The number of nitrogens with one attached hydrogen (secondary N) is 1. The Labute approximate surface area is 59.2 Å². The Morgan fingerprint density at radius 2 is 2.50 bits per heavy atom. The van der Waals surface area contributed by atoms with Gasteiger partial charge in [0, 0.05) is 0 Å². The van der Waals surface area contributed by atoms with Gasteiger partial charge in [-0.15, -0.1) is 0 Å². The van der Waals surface area contributed by atoms with Gasteiger partial charge < -0.3 is 9.84 Å². The molecule has 0 aromatic rings. The average Bonchev–Trinajstić information content (AvgIpc) is 1.85. The van der Waals surface area contributed by atoms with Gasteiger partial charge in [0.05, 0.1) is 13.2 Å². The number of carbonyl (C=O) groups is 1. The number of aliphatic hydroxyl groups excluding tert-OH is 1. The van der Waals surface area contributed by atoms with Gasteiger partial charge in [-0.05, 0) is 6.92 Å². The Morgan fingerprint density at radius 3 is 2.90 bits per heavy atom. The first kappa shape index (κ1) is 9.35. The van der Waals surface area contributed by atoms with E-state index in [9.17, 15) is 4.79 Å². The second-order valence-corrected chi connectivity index (χ2v) is 1.63. The number of hydrogen-bond donors (Lipinski definition) is 3. The molecule has 0 aliphatic rings. The van der Waals surface area contributed by atoms with Crippen LogP contribution in [0, 0.1) is 0 Å². The maximum Gasteiger partial charge on any atom is 0.320 e. The zero-order valence-corrected chi connectivity index (χ0v) is 5.83. The fourth-order valence-electron chi connectivity index (χ4n) is 0.400. The molecule has 0 aromatic heterocycles. The molecule has 1 atom stereocenters. The summed E-state index contributed by atoms with van der Waals surface area (Å²) in [6, 6.07) is 0. The Morgan fingerprint density at radius 1 is 1.90 bits per heavy atom. The summed E-state index contributed by atoms with van der Waals surface area (Å²) in [5, 5.41) is 10.7. The molecule has 0 fully saturated rings. The molecule has 0 spiro atoms. The average molecular weight is 148 g/mol. The smallest absolute Gasteiger partial charge is 0.320 e. The van der Waals surface area contributed by atoms with Crippen molar-refractivity contribution in [1.29, 1.82) is 0 Å². The van der Waals surface area contributed by atoms with Gasteiger partial charge in [0.2, 0.25) is 0 Å². The summed E-state index contributed by atoms with van der Waals surface area (Å²) in [5.41, 5.74) is 4.87. The SMILES string of the molecule is CCOC(=O)CNC(N)O. The van der Waals surface area contributed by atoms with Crippen molar-refractivity contribution < 1.29 is 14.6 Å². The molecule has 5 heteroatoms. The summed E-state index contributed by atoms with van der Waals surface area (Å²) in [6.07, 6.45) is -1.16. The van der Waals surface area contributed by atoms with Gasteiger partial charge in [0.1, 0.15) is 0 Å². The largest absolute Gasteiger partial charge is 0.465 e. The zero-order valence-electron chi connectivity index (χ0n) is 5.83. The highest BCUT2D eigenvalue weighted by molar-refractivity contribution is 5.71. The maximum atomic E-state index is 10.5. The molecule has 0 saturated heterocycles. The third kappa shape index (κ3) is 5.49. The lowest BCUT2D eigenvalue weighted by molar-refractivity contribution is -0.142. The Hall–Kier alpha value is -0.650. The van der Waals surface area contributed by atoms with E-state index in [1.807, 2.05) is 0 Å². The molecule has 0 radical (unpaired) electrons. The van der Waals surface area contributed by atoms with Crippen LogP contribution in [0.25, 0.3) is 0 Å². The highest BCUT2D eigenvalue weighted by Crippen LogP contribution is 1.74. The number of carbonyl (C=O) groups excluding carboxylic acids is 1. The van der Waals surface area contributed by atoms with Crippen LogP contribution >= 0.6 is 0 Å². The predicted octanol–water partition coefficient (Wildman–Crippen LogP) is -1.63. The molecular formula is C5H12N2O3. The van der Waals surface area contributed by atoms with Gasteiger partial charge in [-0.2, -0.15) is 0 Å². The number of hydrogen-bond acceptors (Lipinski definition) is 5. The molecule has 5 nitrogen and oxygen atoms in total. The number of rotatable bonds is 4. The molecule has 0 saturated carbocycles. The van der Waals surface area contributed by atoms with E-state index >= 15 is 0 Å². The monoisotopic (exact) mass is 148 g/mol. The molecule has 0 bridgehead atoms. The van der Waals surface area contributed by atoms with E-state index in [2.05, 4.69) is 10.1 Å². The van der Waals surface area contributed by atoms with Crippen molar-refractivity contribution >= 4 is 5.97 Å². The molecule has 4 N–H and O–H groups in total. The van der Waals surface area contributed by atoms with Crippen molar-refractivity contribution in [3.8, 4) is 0 Å².